The van der Waals surface area contributed by atoms with Gasteiger partial charge in [-0.1, -0.05) is 6.92 Å². The monoisotopic (exact) mass is 308 g/mol. The van der Waals surface area contributed by atoms with E-state index < -0.39 is 0 Å². The summed E-state index contributed by atoms with van der Waals surface area (Å²) in [5, 5.41) is 3.56. The lowest BCUT2D eigenvalue weighted by molar-refractivity contribution is 0.0982. The second kappa shape index (κ2) is 5.92. The zero-order chi connectivity index (χ0) is 16.4. The summed E-state index contributed by atoms with van der Waals surface area (Å²) in [6.07, 6.45) is 1.97. The first kappa shape index (κ1) is 14.8. The SMILES string of the molecule is CCC(=O)c1cc2cc(NC(=O)c3ccc(N)cc3)cnc2[nH]1. The van der Waals surface area contributed by atoms with E-state index in [1.165, 1.54) is 0 Å². The van der Waals surface area contributed by atoms with Crippen LogP contribution in [0.2, 0.25) is 0 Å². The standard InChI is InChI=1S/C17H16N4O2/c1-2-15(22)14-8-11-7-13(9-19-16(11)21-14)20-17(23)10-3-5-12(18)6-4-10/h3-9H,2,18H2,1H3,(H,19,21)(H,20,23). The summed E-state index contributed by atoms with van der Waals surface area (Å²) in [4.78, 5) is 31.1. The van der Waals surface area contributed by atoms with Gasteiger partial charge in [0.1, 0.15) is 5.65 Å². The number of Topliss-reactive ketones (excluding diaryl/α,β-unsaturated/α-hetero) is 1. The minimum atomic E-state index is -0.244. The average Bonchev–Trinajstić information content (AvgIpc) is 2.98. The number of nitrogen functional groups attached to an aromatic ring is 1. The minimum Gasteiger partial charge on any atom is -0.399 e. The third kappa shape index (κ3) is 3.06. The number of aromatic amines is 1. The van der Waals surface area contributed by atoms with Crippen LogP contribution in [0.25, 0.3) is 11.0 Å². The van der Waals surface area contributed by atoms with Gasteiger partial charge in [0.05, 0.1) is 17.6 Å². The van der Waals surface area contributed by atoms with E-state index in [0.717, 1.165) is 5.39 Å². The molecule has 0 unspecified atom stereocenters. The molecular formula is C17H16N4O2. The molecule has 0 bridgehead atoms. The van der Waals surface area contributed by atoms with Gasteiger partial charge in [-0.15, -0.1) is 0 Å². The van der Waals surface area contributed by atoms with Crippen LogP contribution in [0.15, 0.2) is 42.6 Å². The number of nitrogens with two attached hydrogens (primary N) is 1. The summed E-state index contributed by atoms with van der Waals surface area (Å²) in [6, 6.07) is 10.2. The van der Waals surface area contributed by atoms with E-state index in [1.54, 1.807) is 49.5 Å². The number of rotatable bonds is 4. The summed E-state index contributed by atoms with van der Waals surface area (Å²) in [5.41, 5.74) is 8.43. The number of nitrogens with zero attached hydrogens (tertiary/aromatic N) is 1. The molecule has 1 amide bonds. The molecule has 3 aromatic rings. The fourth-order valence-electron chi connectivity index (χ4n) is 2.26. The van der Waals surface area contributed by atoms with Crippen LogP contribution in [0.4, 0.5) is 11.4 Å². The van der Waals surface area contributed by atoms with Gasteiger partial charge in [0.2, 0.25) is 0 Å². The lowest BCUT2D eigenvalue weighted by atomic mass is 10.2. The Hall–Kier alpha value is -3.15. The number of fused-ring (bicyclic) bond motifs is 1. The largest absolute Gasteiger partial charge is 0.399 e. The quantitative estimate of drug-likeness (QED) is 0.509. The molecule has 0 saturated carbocycles. The number of ketones is 1. The first-order valence-electron chi connectivity index (χ1n) is 7.25. The molecule has 6 nitrogen and oxygen atoms in total. The summed E-state index contributed by atoms with van der Waals surface area (Å²) in [5.74, 6) is -0.220. The highest BCUT2D eigenvalue weighted by Gasteiger charge is 2.10. The summed E-state index contributed by atoms with van der Waals surface area (Å²) >= 11 is 0. The van der Waals surface area contributed by atoms with Crippen molar-refractivity contribution in [3.8, 4) is 0 Å². The van der Waals surface area contributed by atoms with Crippen LogP contribution in [0, 0.1) is 0 Å². The van der Waals surface area contributed by atoms with Crippen LogP contribution in [-0.2, 0) is 0 Å². The molecule has 3 rings (SSSR count). The Morgan fingerprint density at radius 3 is 2.65 bits per heavy atom. The van der Waals surface area contributed by atoms with Crippen molar-refractivity contribution in [3.63, 3.8) is 0 Å². The highest BCUT2D eigenvalue weighted by Crippen LogP contribution is 2.19. The average molecular weight is 308 g/mol. The highest BCUT2D eigenvalue weighted by molar-refractivity contribution is 6.05. The second-order valence-corrected chi connectivity index (χ2v) is 5.20. The number of amides is 1. The van der Waals surface area contributed by atoms with Gasteiger partial charge in [0.25, 0.3) is 5.91 Å². The third-order valence-electron chi connectivity index (χ3n) is 3.52. The van der Waals surface area contributed by atoms with E-state index in [1.807, 2.05) is 0 Å². The Balaban J connectivity index is 1.84. The Labute approximate surface area is 132 Å². The van der Waals surface area contributed by atoms with Crippen molar-refractivity contribution in [1.29, 1.82) is 0 Å². The van der Waals surface area contributed by atoms with Crippen LogP contribution in [0.3, 0.4) is 0 Å². The second-order valence-electron chi connectivity index (χ2n) is 5.20. The molecule has 2 heterocycles. The van der Waals surface area contributed by atoms with Gasteiger partial charge in [-0.2, -0.15) is 0 Å². The molecular weight excluding hydrogens is 292 g/mol. The van der Waals surface area contributed by atoms with E-state index in [2.05, 4.69) is 15.3 Å². The number of aromatic nitrogens is 2. The topological polar surface area (TPSA) is 101 Å². The number of carbonyl (C=O) groups is 2. The molecule has 0 aliphatic rings. The molecule has 0 saturated heterocycles. The number of hydrogen-bond acceptors (Lipinski definition) is 4. The van der Waals surface area contributed by atoms with Crippen molar-refractivity contribution < 1.29 is 9.59 Å². The Morgan fingerprint density at radius 2 is 1.96 bits per heavy atom. The summed E-state index contributed by atoms with van der Waals surface area (Å²) < 4.78 is 0. The lowest BCUT2D eigenvalue weighted by Gasteiger charge is -2.05. The van der Waals surface area contributed by atoms with Gasteiger partial charge >= 0.3 is 0 Å². The zero-order valence-corrected chi connectivity index (χ0v) is 12.6. The van der Waals surface area contributed by atoms with Crippen molar-refractivity contribution in [1.82, 2.24) is 9.97 Å². The summed E-state index contributed by atoms with van der Waals surface area (Å²) in [7, 11) is 0. The van der Waals surface area contributed by atoms with Gasteiger partial charge in [-0.05, 0) is 36.4 Å². The smallest absolute Gasteiger partial charge is 0.255 e. The van der Waals surface area contributed by atoms with Crippen LogP contribution in [0.1, 0.15) is 34.2 Å². The lowest BCUT2D eigenvalue weighted by Crippen LogP contribution is -2.11. The summed E-state index contributed by atoms with van der Waals surface area (Å²) in [6.45, 7) is 1.81. The number of carbonyl (C=O) groups excluding carboxylic acids is 2. The molecule has 2 aromatic heterocycles. The molecule has 4 N–H and O–H groups in total. The molecule has 0 aliphatic heterocycles. The maximum atomic E-state index is 12.2. The molecule has 116 valence electrons. The van der Waals surface area contributed by atoms with Crippen molar-refractivity contribution in [2.24, 2.45) is 0 Å². The predicted molar refractivity (Wildman–Crippen MR) is 89.5 cm³/mol. The van der Waals surface area contributed by atoms with Crippen LogP contribution >= 0.6 is 0 Å². The number of nitrogens with one attached hydrogen (secondary N) is 2. The van der Waals surface area contributed by atoms with E-state index in [4.69, 9.17) is 5.73 Å². The maximum absolute atomic E-state index is 12.2. The highest BCUT2D eigenvalue weighted by atomic mass is 16.1. The normalized spacial score (nSPS) is 10.7. The molecule has 0 radical (unpaired) electrons. The zero-order valence-electron chi connectivity index (χ0n) is 12.6. The van der Waals surface area contributed by atoms with Gasteiger partial charge in [0.15, 0.2) is 5.78 Å². The molecule has 0 spiro atoms. The number of benzene rings is 1. The van der Waals surface area contributed by atoms with Crippen LogP contribution in [0.5, 0.6) is 0 Å². The van der Waals surface area contributed by atoms with Gasteiger partial charge in [0, 0.05) is 23.1 Å². The fraction of sp³-hybridized carbons (Fsp3) is 0.118. The third-order valence-corrected chi connectivity index (χ3v) is 3.52. The van der Waals surface area contributed by atoms with Gasteiger partial charge in [-0.3, -0.25) is 9.59 Å². The number of H-pyrrole nitrogens is 1. The first-order chi connectivity index (χ1) is 11.1. The van der Waals surface area contributed by atoms with Crippen LogP contribution in [-0.4, -0.2) is 21.7 Å². The van der Waals surface area contributed by atoms with Crippen molar-refractivity contribution >= 4 is 34.1 Å². The number of anilines is 2. The Kier molecular flexibility index (Phi) is 3.80. The molecule has 0 aliphatic carbocycles. The molecule has 0 fully saturated rings. The van der Waals surface area contributed by atoms with E-state index in [-0.39, 0.29) is 11.7 Å². The predicted octanol–water partition coefficient (Wildman–Crippen LogP) is 2.99. The molecule has 6 heteroatoms. The maximum Gasteiger partial charge on any atom is 0.255 e. The van der Waals surface area contributed by atoms with Gasteiger partial charge < -0.3 is 16.0 Å². The molecule has 0 atom stereocenters. The van der Waals surface area contributed by atoms with E-state index in [9.17, 15) is 9.59 Å². The van der Waals surface area contributed by atoms with Crippen molar-refractivity contribution in [2.45, 2.75) is 13.3 Å². The fourth-order valence-corrected chi connectivity index (χ4v) is 2.26. The minimum absolute atomic E-state index is 0.0236. The molecule has 23 heavy (non-hydrogen) atoms. The Bertz CT molecular complexity index is 881. The van der Waals surface area contributed by atoms with Crippen molar-refractivity contribution in [3.05, 3.63) is 53.9 Å². The number of pyridine rings is 1. The Morgan fingerprint density at radius 1 is 1.22 bits per heavy atom. The van der Waals surface area contributed by atoms with E-state index >= 15 is 0 Å². The van der Waals surface area contributed by atoms with Crippen LogP contribution < -0.4 is 11.1 Å². The van der Waals surface area contributed by atoms with Crippen molar-refractivity contribution in [2.75, 3.05) is 11.1 Å². The molecule has 1 aromatic carbocycles. The van der Waals surface area contributed by atoms with Gasteiger partial charge in [-0.25, -0.2) is 4.98 Å². The van der Waals surface area contributed by atoms with E-state index in [0.29, 0.717) is 34.7 Å². The number of hydrogen-bond donors (Lipinski definition) is 3. The first-order valence-corrected chi connectivity index (χ1v) is 7.25.